The van der Waals surface area contributed by atoms with Crippen molar-refractivity contribution >= 4 is 5.97 Å². The van der Waals surface area contributed by atoms with Crippen LogP contribution < -0.4 is 18.9 Å². The maximum Gasteiger partial charge on any atom is 0.349 e. The molecule has 122 valence electrons. The summed E-state index contributed by atoms with van der Waals surface area (Å²) in [5, 5.41) is 0. The minimum absolute atomic E-state index is 0.222. The molecular weight excluding hydrogens is 296 g/mol. The Bertz CT molecular complexity index is 666. The van der Waals surface area contributed by atoms with E-state index in [1.165, 1.54) is 0 Å². The molecule has 0 aliphatic rings. The van der Waals surface area contributed by atoms with Crippen molar-refractivity contribution in [1.29, 1.82) is 0 Å². The standard InChI is InChI=1S/C18H20O5/c1-4-21-14-7-5-6-8-16(14)23-18(19)12-22-15-10-9-13(2)11-17(15)20-3/h5-11H,4,12H2,1-3H3. The molecule has 0 heterocycles. The Kier molecular flexibility index (Phi) is 5.86. The Hall–Kier alpha value is -2.69. The Morgan fingerprint density at radius 3 is 2.35 bits per heavy atom. The quantitative estimate of drug-likeness (QED) is 0.579. The Morgan fingerprint density at radius 1 is 0.957 bits per heavy atom. The van der Waals surface area contributed by atoms with Gasteiger partial charge in [-0.3, -0.25) is 0 Å². The number of carbonyl (C=O) groups excluding carboxylic acids is 1. The minimum atomic E-state index is -0.514. The maximum atomic E-state index is 12.0. The zero-order chi connectivity index (χ0) is 16.7. The van der Waals surface area contributed by atoms with E-state index in [1.54, 1.807) is 31.4 Å². The molecular formula is C18H20O5. The first-order valence-corrected chi connectivity index (χ1v) is 7.34. The fraction of sp³-hybridized carbons (Fsp3) is 0.278. The van der Waals surface area contributed by atoms with Crippen LogP contribution in [0, 0.1) is 6.92 Å². The van der Waals surface area contributed by atoms with Crippen LogP contribution in [0.1, 0.15) is 12.5 Å². The van der Waals surface area contributed by atoms with Gasteiger partial charge in [-0.25, -0.2) is 4.79 Å². The molecule has 2 aromatic carbocycles. The van der Waals surface area contributed by atoms with Gasteiger partial charge in [-0.15, -0.1) is 0 Å². The van der Waals surface area contributed by atoms with Gasteiger partial charge in [-0.2, -0.15) is 0 Å². The summed E-state index contributed by atoms with van der Waals surface area (Å²) >= 11 is 0. The second kappa shape index (κ2) is 8.08. The van der Waals surface area contributed by atoms with Gasteiger partial charge in [0.2, 0.25) is 0 Å². The third-order valence-corrected chi connectivity index (χ3v) is 3.04. The molecule has 0 unspecified atom stereocenters. The monoisotopic (exact) mass is 316 g/mol. The van der Waals surface area contributed by atoms with Crippen LogP contribution in [0.3, 0.4) is 0 Å². The molecule has 0 fully saturated rings. The largest absolute Gasteiger partial charge is 0.493 e. The van der Waals surface area contributed by atoms with Gasteiger partial charge in [0.15, 0.2) is 29.6 Å². The summed E-state index contributed by atoms with van der Waals surface area (Å²) in [6.07, 6.45) is 0. The van der Waals surface area contributed by atoms with Crippen LogP contribution in [0.2, 0.25) is 0 Å². The number of benzene rings is 2. The molecule has 0 amide bonds. The SMILES string of the molecule is CCOc1ccccc1OC(=O)COc1ccc(C)cc1OC. The van der Waals surface area contributed by atoms with Crippen molar-refractivity contribution < 1.29 is 23.7 Å². The molecule has 23 heavy (non-hydrogen) atoms. The summed E-state index contributed by atoms with van der Waals surface area (Å²) in [6, 6.07) is 12.5. The van der Waals surface area contributed by atoms with Gasteiger partial charge in [0.25, 0.3) is 0 Å². The average molecular weight is 316 g/mol. The van der Waals surface area contributed by atoms with Crippen molar-refractivity contribution in [3.63, 3.8) is 0 Å². The van der Waals surface area contributed by atoms with Gasteiger partial charge in [-0.05, 0) is 43.7 Å². The highest BCUT2D eigenvalue weighted by Crippen LogP contribution is 2.29. The van der Waals surface area contributed by atoms with E-state index in [1.807, 2.05) is 32.0 Å². The number of esters is 1. The Morgan fingerprint density at radius 2 is 1.65 bits per heavy atom. The second-order valence-electron chi connectivity index (χ2n) is 4.80. The Balaban J connectivity index is 1.98. The highest BCUT2D eigenvalue weighted by molar-refractivity contribution is 5.74. The van der Waals surface area contributed by atoms with Crippen LogP contribution in [0.5, 0.6) is 23.0 Å². The van der Waals surface area contributed by atoms with Gasteiger partial charge in [0, 0.05) is 0 Å². The van der Waals surface area contributed by atoms with E-state index in [0.717, 1.165) is 5.56 Å². The molecule has 0 bridgehead atoms. The molecule has 0 N–H and O–H groups in total. The first-order chi connectivity index (χ1) is 11.1. The molecule has 2 rings (SSSR count). The summed E-state index contributed by atoms with van der Waals surface area (Å²) in [5.41, 5.74) is 1.04. The predicted octanol–water partition coefficient (Wildman–Crippen LogP) is 3.39. The summed E-state index contributed by atoms with van der Waals surface area (Å²) in [7, 11) is 1.55. The topological polar surface area (TPSA) is 54.0 Å². The predicted molar refractivity (Wildman–Crippen MR) is 86.5 cm³/mol. The van der Waals surface area contributed by atoms with Crippen LogP contribution in [0.25, 0.3) is 0 Å². The number of ether oxygens (including phenoxy) is 4. The number of methoxy groups -OCH3 is 1. The van der Waals surface area contributed by atoms with E-state index < -0.39 is 5.97 Å². The van der Waals surface area contributed by atoms with Crippen LogP contribution in [-0.4, -0.2) is 26.3 Å². The lowest BCUT2D eigenvalue weighted by Crippen LogP contribution is -2.18. The number of hydrogen-bond acceptors (Lipinski definition) is 5. The van der Waals surface area contributed by atoms with Crippen molar-refractivity contribution in [2.75, 3.05) is 20.3 Å². The molecule has 0 saturated carbocycles. The molecule has 0 saturated heterocycles. The molecule has 0 aliphatic carbocycles. The number of hydrogen-bond donors (Lipinski definition) is 0. The third kappa shape index (κ3) is 4.64. The van der Waals surface area contributed by atoms with E-state index >= 15 is 0 Å². The normalized spacial score (nSPS) is 10.0. The molecule has 2 aromatic rings. The van der Waals surface area contributed by atoms with Crippen molar-refractivity contribution in [2.45, 2.75) is 13.8 Å². The fourth-order valence-corrected chi connectivity index (χ4v) is 1.99. The lowest BCUT2D eigenvalue weighted by atomic mass is 10.2. The van der Waals surface area contributed by atoms with E-state index in [4.69, 9.17) is 18.9 Å². The lowest BCUT2D eigenvalue weighted by Gasteiger charge is -2.12. The van der Waals surface area contributed by atoms with Crippen molar-refractivity contribution in [1.82, 2.24) is 0 Å². The number of aryl methyl sites for hydroxylation is 1. The first kappa shape index (κ1) is 16.7. The summed E-state index contributed by atoms with van der Waals surface area (Å²) < 4.78 is 21.4. The van der Waals surface area contributed by atoms with Crippen molar-refractivity contribution in [3.8, 4) is 23.0 Å². The summed E-state index contributed by atoms with van der Waals surface area (Å²) in [6.45, 7) is 4.09. The van der Waals surface area contributed by atoms with Gasteiger partial charge >= 0.3 is 5.97 Å². The molecule has 5 nitrogen and oxygen atoms in total. The van der Waals surface area contributed by atoms with Gasteiger partial charge < -0.3 is 18.9 Å². The second-order valence-corrected chi connectivity index (χ2v) is 4.80. The first-order valence-electron chi connectivity index (χ1n) is 7.34. The van der Waals surface area contributed by atoms with Crippen LogP contribution >= 0.6 is 0 Å². The molecule has 0 radical (unpaired) electrons. The fourth-order valence-electron chi connectivity index (χ4n) is 1.99. The van der Waals surface area contributed by atoms with Crippen LogP contribution in [0.4, 0.5) is 0 Å². The highest BCUT2D eigenvalue weighted by atomic mass is 16.6. The molecule has 5 heteroatoms. The molecule has 0 aliphatic heterocycles. The number of rotatable bonds is 7. The van der Waals surface area contributed by atoms with E-state index in [2.05, 4.69) is 0 Å². The molecule has 0 atom stereocenters. The number of carbonyl (C=O) groups is 1. The zero-order valence-electron chi connectivity index (χ0n) is 13.5. The van der Waals surface area contributed by atoms with E-state index in [-0.39, 0.29) is 6.61 Å². The summed E-state index contributed by atoms with van der Waals surface area (Å²) in [4.78, 5) is 12.0. The number of para-hydroxylation sites is 2. The highest BCUT2D eigenvalue weighted by Gasteiger charge is 2.12. The van der Waals surface area contributed by atoms with Crippen molar-refractivity contribution in [3.05, 3.63) is 48.0 Å². The average Bonchev–Trinajstić information content (AvgIpc) is 2.55. The van der Waals surface area contributed by atoms with Crippen molar-refractivity contribution in [2.24, 2.45) is 0 Å². The summed E-state index contributed by atoms with van der Waals surface area (Å²) in [5.74, 6) is 1.45. The minimum Gasteiger partial charge on any atom is -0.493 e. The third-order valence-electron chi connectivity index (χ3n) is 3.04. The van der Waals surface area contributed by atoms with Crippen LogP contribution in [-0.2, 0) is 4.79 Å². The smallest absolute Gasteiger partial charge is 0.349 e. The molecule has 0 aromatic heterocycles. The molecule has 0 spiro atoms. The van der Waals surface area contributed by atoms with Gasteiger partial charge in [0.1, 0.15) is 0 Å². The van der Waals surface area contributed by atoms with Gasteiger partial charge in [-0.1, -0.05) is 18.2 Å². The van der Waals surface area contributed by atoms with E-state index in [9.17, 15) is 4.79 Å². The maximum absolute atomic E-state index is 12.0. The Labute approximate surface area is 135 Å². The van der Waals surface area contributed by atoms with Crippen LogP contribution in [0.15, 0.2) is 42.5 Å². The van der Waals surface area contributed by atoms with E-state index in [0.29, 0.717) is 29.6 Å². The zero-order valence-corrected chi connectivity index (χ0v) is 13.5. The lowest BCUT2D eigenvalue weighted by molar-refractivity contribution is -0.136. The van der Waals surface area contributed by atoms with Gasteiger partial charge in [0.05, 0.1) is 13.7 Å².